The fourth-order valence-electron chi connectivity index (χ4n) is 1.61. The maximum Gasteiger partial charge on any atom is 0.146 e. The molecule has 0 fully saturated rings. The zero-order valence-electron chi connectivity index (χ0n) is 10.4. The van der Waals surface area contributed by atoms with E-state index in [-0.39, 0.29) is 6.04 Å². The van der Waals surface area contributed by atoms with Gasteiger partial charge in [0, 0.05) is 6.04 Å². The third kappa shape index (κ3) is 3.25. The Morgan fingerprint density at radius 3 is 2.42 bits per heavy atom. The molecule has 0 spiro atoms. The zero-order chi connectivity index (χ0) is 13.8. The second-order valence-corrected chi connectivity index (χ2v) is 4.62. The van der Waals surface area contributed by atoms with Crippen molar-refractivity contribution in [3.63, 3.8) is 0 Å². The number of nitrogens with zero attached hydrogens (tertiary/aromatic N) is 1. The summed E-state index contributed by atoms with van der Waals surface area (Å²) in [6.45, 7) is 1.90. The molecule has 0 unspecified atom stereocenters. The zero-order valence-corrected chi connectivity index (χ0v) is 11.2. The first-order chi connectivity index (χ1) is 9.10. The fourth-order valence-corrected chi connectivity index (χ4v) is 1.84. The summed E-state index contributed by atoms with van der Waals surface area (Å²) in [6, 6.07) is 14.3. The van der Waals surface area contributed by atoms with Crippen molar-refractivity contribution in [3.8, 4) is 17.6 Å². The van der Waals surface area contributed by atoms with Crippen LogP contribution in [-0.2, 0) is 0 Å². The van der Waals surface area contributed by atoms with Gasteiger partial charge in [-0.25, -0.2) is 0 Å². The summed E-state index contributed by atoms with van der Waals surface area (Å²) in [6.07, 6.45) is 0. The minimum atomic E-state index is -0.0681. The molecule has 0 aromatic heterocycles. The molecular weight excluding hydrogens is 260 g/mol. The number of nitriles is 1. The summed E-state index contributed by atoms with van der Waals surface area (Å²) >= 11 is 6.15. The average Bonchev–Trinajstić information content (AvgIpc) is 2.41. The van der Waals surface area contributed by atoms with E-state index in [1.165, 1.54) is 0 Å². The topological polar surface area (TPSA) is 59.0 Å². The van der Waals surface area contributed by atoms with Crippen LogP contribution in [0.3, 0.4) is 0 Å². The highest BCUT2D eigenvalue weighted by Gasteiger charge is 2.07. The van der Waals surface area contributed by atoms with E-state index in [0.717, 1.165) is 5.56 Å². The van der Waals surface area contributed by atoms with Crippen molar-refractivity contribution in [2.75, 3.05) is 0 Å². The van der Waals surface area contributed by atoms with Gasteiger partial charge in [0.2, 0.25) is 0 Å². The lowest BCUT2D eigenvalue weighted by atomic mass is 10.1. The molecule has 1 atom stereocenters. The van der Waals surface area contributed by atoms with Crippen LogP contribution in [0.25, 0.3) is 0 Å². The van der Waals surface area contributed by atoms with Gasteiger partial charge in [-0.3, -0.25) is 0 Å². The summed E-state index contributed by atoms with van der Waals surface area (Å²) in [5.74, 6) is 1.20. The van der Waals surface area contributed by atoms with Gasteiger partial charge in [0.15, 0.2) is 0 Å². The molecule has 0 saturated heterocycles. The second kappa shape index (κ2) is 5.75. The summed E-state index contributed by atoms with van der Waals surface area (Å²) in [4.78, 5) is 0. The Bertz CT molecular complexity index is 615. The SMILES string of the molecule is C[C@H](N)c1ccc(Oc2ccc(C#N)cc2)c(Cl)c1. The second-order valence-electron chi connectivity index (χ2n) is 4.22. The van der Waals surface area contributed by atoms with Crippen LogP contribution < -0.4 is 10.5 Å². The van der Waals surface area contributed by atoms with E-state index >= 15 is 0 Å². The van der Waals surface area contributed by atoms with Gasteiger partial charge in [0.05, 0.1) is 16.7 Å². The first kappa shape index (κ1) is 13.4. The quantitative estimate of drug-likeness (QED) is 0.918. The monoisotopic (exact) mass is 272 g/mol. The molecule has 0 saturated carbocycles. The lowest BCUT2D eigenvalue weighted by molar-refractivity contribution is 0.482. The van der Waals surface area contributed by atoms with E-state index in [9.17, 15) is 0 Å². The Morgan fingerprint density at radius 1 is 1.21 bits per heavy atom. The highest BCUT2D eigenvalue weighted by molar-refractivity contribution is 6.32. The van der Waals surface area contributed by atoms with Gasteiger partial charge in [-0.15, -0.1) is 0 Å². The van der Waals surface area contributed by atoms with Gasteiger partial charge in [0.25, 0.3) is 0 Å². The lowest BCUT2D eigenvalue weighted by Crippen LogP contribution is -2.04. The van der Waals surface area contributed by atoms with Crippen LogP contribution in [0.2, 0.25) is 5.02 Å². The van der Waals surface area contributed by atoms with Gasteiger partial charge in [-0.1, -0.05) is 17.7 Å². The molecule has 2 rings (SSSR count). The largest absolute Gasteiger partial charge is 0.456 e. The van der Waals surface area contributed by atoms with E-state index in [1.807, 2.05) is 13.0 Å². The van der Waals surface area contributed by atoms with Crippen molar-refractivity contribution < 1.29 is 4.74 Å². The number of ether oxygens (including phenoxy) is 1. The molecule has 0 aliphatic carbocycles. The van der Waals surface area contributed by atoms with Crippen molar-refractivity contribution in [2.45, 2.75) is 13.0 Å². The standard InChI is InChI=1S/C15H13ClN2O/c1-10(18)12-4-7-15(14(16)8-12)19-13-5-2-11(9-17)3-6-13/h2-8,10H,18H2,1H3/t10-/m0/s1. The van der Waals surface area contributed by atoms with Crippen molar-refractivity contribution >= 4 is 11.6 Å². The van der Waals surface area contributed by atoms with Gasteiger partial charge >= 0.3 is 0 Å². The van der Waals surface area contributed by atoms with Crippen LogP contribution in [0.4, 0.5) is 0 Å². The molecule has 0 heterocycles. The number of rotatable bonds is 3. The molecule has 2 aromatic carbocycles. The lowest BCUT2D eigenvalue weighted by Gasteiger charge is -2.11. The molecule has 0 aliphatic heterocycles. The highest BCUT2D eigenvalue weighted by atomic mass is 35.5. The summed E-state index contributed by atoms with van der Waals surface area (Å²) in [7, 11) is 0. The maximum absolute atomic E-state index is 8.72. The van der Waals surface area contributed by atoms with E-state index < -0.39 is 0 Å². The molecule has 2 aromatic rings. The number of nitrogens with two attached hydrogens (primary N) is 1. The number of hydrogen-bond acceptors (Lipinski definition) is 3. The van der Waals surface area contributed by atoms with Crippen LogP contribution in [0.5, 0.6) is 11.5 Å². The third-order valence-electron chi connectivity index (χ3n) is 2.69. The van der Waals surface area contributed by atoms with Gasteiger partial charge < -0.3 is 10.5 Å². The van der Waals surface area contributed by atoms with Crippen molar-refractivity contribution in [3.05, 3.63) is 58.6 Å². The molecule has 19 heavy (non-hydrogen) atoms. The molecule has 0 bridgehead atoms. The third-order valence-corrected chi connectivity index (χ3v) is 2.99. The molecule has 0 radical (unpaired) electrons. The van der Waals surface area contributed by atoms with Crippen LogP contribution in [0.15, 0.2) is 42.5 Å². The Balaban J connectivity index is 2.21. The van der Waals surface area contributed by atoms with Crippen molar-refractivity contribution in [1.29, 1.82) is 5.26 Å². The van der Waals surface area contributed by atoms with Crippen LogP contribution in [0.1, 0.15) is 24.1 Å². The van der Waals surface area contributed by atoms with Gasteiger partial charge in [0.1, 0.15) is 11.5 Å². The molecular formula is C15H13ClN2O. The van der Waals surface area contributed by atoms with Crippen LogP contribution >= 0.6 is 11.6 Å². The highest BCUT2D eigenvalue weighted by Crippen LogP contribution is 2.31. The molecule has 3 nitrogen and oxygen atoms in total. The number of benzene rings is 2. The van der Waals surface area contributed by atoms with Crippen LogP contribution in [0, 0.1) is 11.3 Å². The van der Waals surface area contributed by atoms with Crippen molar-refractivity contribution in [2.24, 2.45) is 5.73 Å². The molecule has 0 aliphatic rings. The maximum atomic E-state index is 8.72. The predicted molar refractivity (Wildman–Crippen MR) is 75.3 cm³/mol. The van der Waals surface area contributed by atoms with Crippen molar-refractivity contribution in [1.82, 2.24) is 0 Å². The fraction of sp³-hybridized carbons (Fsp3) is 0.133. The summed E-state index contributed by atoms with van der Waals surface area (Å²) in [5, 5.41) is 9.23. The molecule has 0 amide bonds. The number of hydrogen-bond donors (Lipinski definition) is 1. The van der Waals surface area contributed by atoms with Crippen LogP contribution in [-0.4, -0.2) is 0 Å². The Hall–Kier alpha value is -2.02. The molecule has 96 valence electrons. The normalized spacial score (nSPS) is 11.7. The predicted octanol–water partition coefficient (Wildman–Crippen LogP) is 4.02. The molecule has 4 heteroatoms. The smallest absolute Gasteiger partial charge is 0.146 e. The van der Waals surface area contributed by atoms with E-state index in [4.69, 9.17) is 27.3 Å². The Morgan fingerprint density at radius 2 is 1.89 bits per heavy atom. The first-order valence-corrected chi connectivity index (χ1v) is 6.21. The average molecular weight is 273 g/mol. The Kier molecular flexibility index (Phi) is 4.06. The summed E-state index contributed by atoms with van der Waals surface area (Å²) in [5.41, 5.74) is 7.33. The number of halogens is 1. The van der Waals surface area contributed by atoms with E-state index in [0.29, 0.717) is 22.1 Å². The van der Waals surface area contributed by atoms with E-state index in [1.54, 1.807) is 36.4 Å². The molecule has 2 N–H and O–H groups in total. The van der Waals surface area contributed by atoms with Gasteiger partial charge in [-0.05, 0) is 48.9 Å². The minimum absolute atomic E-state index is 0.0681. The Labute approximate surface area is 117 Å². The minimum Gasteiger partial charge on any atom is -0.456 e. The summed E-state index contributed by atoms with van der Waals surface area (Å²) < 4.78 is 5.66. The van der Waals surface area contributed by atoms with Gasteiger partial charge in [-0.2, -0.15) is 5.26 Å². The first-order valence-electron chi connectivity index (χ1n) is 5.83. The van der Waals surface area contributed by atoms with E-state index in [2.05, 4.69) is 6.07 Å².